The summed E-state index contributed by atoms with van der Waals surface area (Å²) in [5.74, 6) is 0.344. The first-order chi connectivity index (χ1) is 11.9. The van der Waals surface area contributed by atoms with Gasteiger partial charge >= 0.3 is 0 Å². The molecule has 132 valence electrons. The third kappa shape index (κ3) is 4.04. The number of fused-ring (bicyclic) bond motifs is 1. The highest BCUT2D eigenvalue weighted by Crippen LogP contribution is 2.32. The van der Waals surface area contributed by atoms with Gasteiger partial charge in [-0.05, 0) is 49.2 Å². The number of amides is 1. The summed E-state index contributed by atoms with van der Waals surface area (Å²) >= 11 is 3.35. The van der Waals surface area contributed by atoms with Crippen LogP contribution in [0.25, 0.3) is 0 Å². The first-order valence-electron chi connectivity index (χ1n) is 7.91. The van der Waals surface area contributed by atoms with E-state index < -0.39 is 15.9 Å². The highest BCUT2D eigenvalue weighted by atomic mass is 79.9. The molecule has 0 saturated heterocycles. The van der Waals surface area contributed by atoms with Crippen LogP contribution in [0.15, 0.2) is 57.9 Å². The number of hydrogen-bond donors (Lipinski definition) is 1. The fourth-order valence-electron chi connectivity index (χ4n) is 2.80. The van der Waals surface area contributed by atoms with Crippen LogP contribution in [-0.2, 0) is 14.6 Å². The zero-order valence-corrected chi connectivity index (χ0v) is 16.0. The second-order valence-electron chi connectivity index (χ2n) is 5.92. The maximum Gasteiger partial charge on any atom is 0.261 e. The van der Waals surface area contributed by atoms with Crippen molar-refractivity contribution in [3.8, 4) is 5.75 Å². The number of hydrogen-bond acceptors (Lipinski definition) is 4. The van der Waals surface area contributed by atoms with E-state index >= 15 is 0 Å². The average molecular weight is 424 g/mol. The number of benzene rings is 2. The van der Waals surface area contributed by atoms with Crippen LogP contribution in [0.1, 0.15) is 24.9 Å². The molecule has 2 aromatic rings. The SMILES string of the molecule is CC(Oc1ccc(Br)cc1)C(=O)NC1CCS(=O)(=O)c2ccccc21. The third-order valence-corrected chi connectivity index (χ3v) is 6.46. The van der Waals surface area contributed by atoms with Crippen LogP contribution in [0.3, 0.4) is 0 Å². The van der Waals surface area contributed by atoms with Crippen LogP contribution in [0.5, 0.6) is 5.75 Å². The maximum atomic E-state index is 12.5. The van der Waals surface area contributed by atoms with Gasteiger partial charge in [0.1, 0.15) is 5.75 Å². The van der Waals surface area contributed by atoms with Gasteiger partial charge in [-0.1, -0.05) is 34.1 Å². The number of rotatable bonds is 4. The van der Waals surface area contributed by atoms with E-state index in [2.05, 4.69) is 21.2 Å². The lowest BCUT2D eigenvalue weighted by molar-refractivity contribution is -0.128. The molecular formula is C18H18BrNO4S. The summed E-state index contributed by atoms with van der Waals surface area (Å²) in [5.41, 5.74) is 0.637. The van der Waals surface area contributed by atoms with E-state index in [4.69, 9.17) is 4.74 Å². The zero-order chi connectivity index (χ0) is 18.0. The summed E-state index contributed by atoms with van der Waals surface area (Å²) in [6.07, 6.45) is -0.331. The summed E-state index contributed by atoms with van der Waals surface area (Å²) < 4.78 is 30.9. The normalized spacial score (nSPS) is 19.5. The first-order valence-corrected chi connectivity index (χ1v) is 10.4. The Morgan fingerprint density at radius 3 is 2.60 bits per heavy atom. The molecule has 1 amide bonds. The number of halogens is 1. The fourth-order valence-corrected chi connectivity index (χ4v) is 4.69. The van der Waals surface area contributed by atoms with E-state index in [-0.39, 0.29) is 17.7 Å². The molecule has 5 nitrogen and oxygen atoms in total. The molecule has 2 aromatic carbocycles. The fraction of sp³-hybridized carbons (Fsp3) is 0.278. The minimum atomic E-state index is -3.27. The molecule has 0 aliphatic carbocycles. The first kappa shape index (κ1) is 17.9. The monoisotopic (exact) mass is 423 g/mol. The Labute approximate surface area is 155 Å². The van der Waals surface area contributed by atoms with E-state index in [1.807, 2.05) is 12.1 Å². The van der Waals surface area contributed by atoms with Crippen molar-refractivity contribution < 1.29 is 17.9 Å². The smallest absolute Gasteiger partial charge is 0.261 e. The minimum absolute atomic E-state index is 0.0247. The molecule has 25 heavy (non-hydrogen) atoms. The second kappa shape index (κ2) is 7.17. The molecule has 2 unspecified atom stereocenters. The van der Waals surface area contributed by atoms with E-state index in [1.165, 1.54) is 0 Å². The molecule has 0 radical (unpaired) electrons. The van der Waals surface area contributed by atoms with Gasteiger partial charge in [-0.15, -0.1) is 0 Å². The van der Waals surface area contributed by atoms with Gasteiger partial charge in [0.05, 0.1) is 16.7 Å². The molecule has 3 rings (SSSR count). The molecule has 0 aromatic heterocycles. The number of nitrogens with one attached hydrogen (secondary N) is 1. The van der Waals surface area contributed by atoms with Crippen LogP contribution >= 0.6 is 15.9 Å². The summed E-state index contributed by atoms with van der Waals surface area (Å²) in [6.45, 7) is 1.67. The number of carbonyl (C=O) groups is 1. The quantitative estimate of drug-likeness (QED) is 0.818. The summed E-state index contributed by atoms with van der Waals surface area (Å²) in [4.78, 5) is 12.8. The predicted octanol–water partition coefficient (Wildman–Crippen LogP) is 3.25. The standard InChI is InChI=1S/C18H18BrNO4S/c1-12(24-14-8-6-13(19)7-9-14)18(21)20-16-10-11-25(22,23)17-5-3-2-4-15(16)17/h2-9,12,16H,10-11H2,1H3,(H,20,21). The number of carbonyl (C=O) groups excluding carboxylic acids is 1. The van der Waals surface area contributed by atoms with Crippen LogP contribution in [-0.4, -0.2) is 26.2 Å². The zero-order valence-electron chi connectivity index (χ0n) is 13.6. The molecule has 0 spiro atoms. The lowest BCUT2D eigenvalue weighted by Crippen LogP contribution is -2.40. The lowest BCUT2D eigenvalue weighted by Gasteiger charge is -2.27. The Kier molecular flexibility index (Phi) is 5.15. The van der Waals surface area contributed by atoms with Crippen molar-refractivity contribution >= 4 is 31.7 Å². The third-order valence-electron chi connectivity index (χ3n) is 4.12. The van der Waals surface area contributed by atoms with Crippen molar-refractivity contribution in [3.05, 3.63) is 58.6 Å². The van der Waals surface area contributed by atoms with Crippen LogP contribution < -0.4 is 10.1 Å². The van der Waals surface area contributed by atoms with Crippen LogP contribution in [0, 0.1) is 0 Å². The molecule has 1 N–H and O–H groups in total. The van der Waals surface area contributed by atoms with Gasteiger partial charge in [-0.3, -0.25) is 4.79 Å². The topological polar surface area (TPSA) is 72.5 Å². The molecule has 7 heteroatoms. The Bertz CT molecular complexity index is 880. The summed E-state index contributed by atoms with van der Waals surface area (Å²) in [7, 11) is -3.27. The maximum absolute atomic E-state index is 12.5. The molecular weight excluding hydrogens is 406 g/mol. The van der Waals surface area contributed by atoms with E-state index in [9.17, 15) is 13.2 Å². The predicted molar refractivity (Wildman–Crippen MR) is 98.2 cm³/mol. The van der Waals surface area contributed by atoms with Gasteiger partial charge in [-0.2, -0.15) is 0 Å². The van der Waals surface area contributed by atoms with Gasteiger partial charge in [-0.25, -0.2) is 8.42 Å². The second-order valence-corrected chi connectivity index (χ2v) is 8.91. The van der Waals surface area contributed by atoms with Gasteiger partial charge < -0.3 is 10.1 Å². The summed E-state index contributed by atoms with van der Waals surface area (Å²) in [6, 6.07) is 13.7. The molecule has 0 bridgehead atoms. The molecule has 2 atom stereocenters. The van der Waals surface area contributed by atoms with Crippen LogP contribution in [0.4, 0.5) is 0 Å². The summed E-state index contributed by atoms with van der Waals surface area (Å²) in [5, 5.41) is 2.91. The van der Waals surface area contributed by atoms with Gasteiger partial charge in [0.2, 0.25) is 0 Å². The van der Waals surface area contributed by atoms with Crippen molar-refractivity contribution in [3.63, 3.8) is 0 Å². The Hall–Kier alpha value is -1.86. The molecule has 1 aliphatic heterocycles. The van der Waals surface area contributed by atoms with E-state index in [0.717, 1.165) is 4.47 Å². The Balaban J connectivity index is 1.71. The Morgan fingerprint density at radius 1 is 1.20 bits per heavy atom. The highest BCUT2D eigenvalue weighted by molar-refractivity contribution is 9.10. The molecule has 1 heterocycles. The highest BCUT2D eigenvalue weighted by Gasteiger charge is 2.31. The van der Waals surface area contributed by atoms with Crippen molar-refractivity contribution in [2.45, 2.75) is 30.4 Å². The minimum Gasteiger partial charge on any atom is -0.481 e. The van der Waals surface area contributed by atoms with Crippen molar-refractivity contribution in [1.29, 1.82) is 0 Å². The van der Waals surface area contributed by atoms with E-state index in [0.29, 0.717) is 22.6 Å². The largest absolute Gasteiger partial charge is 0.481 e. The van der Waals surface area contributed by atoms with Crippen molar-refractivity contribution in [2.24, 2.45) is 0 Å². The molecule has 1 aliphatic rings. The van der Waals surface area contributed by atoms with Gasteiger partial charge in [0.25, 0.3) is 5.91 Å². The van der Waals surface area contributed by atoms with Crippen molar-refractivity contribution in [1.82, 2.24) is 5.32 Å². The Morgan fingerprint density at radius 2 is 1.88 bits per heavy atom. The van der Waals surface area contributed by atoms with Crippen molar-refractivity contribution in [2.75, 3.05) is 5.75 Å². The number of sulfone groups is 1. The molecule has 0 fully saturated rings. The molecule has 0 saturated carbocycles. The van der Waals surface area contributed by atoms with Gasteiger partial charge in [0, 0.05) is 4.47 Å². The van der Waals surface area contributed by atoms with Crippen LogP contribution in [0.2, 0.25) is 0 Å². The average Bonchev–Trinajstić information content (AvgIpc) is 2.59. The van der Waals surface area contributed by atoms with E-state index in [1.54, 1.807) is 43.3 Å². The number of ether oxygens (including phenoxy) is 1. The lowest BCUT2D eigenvalue weighted by atomic mass is 10.0. The van der Waals surface area contributed by atoms with Gasteiger partial charge in [0.15, 0.2) is 15.9 Å².